The van der Waals surface area contributed by atoms with Crippen LogP contribution in [-0.4, -0.2) is 48.2 Å². The van der Waals surface area contributed by atoms with Crippen LogP contribution >= 0.6 is 0 Å². The molecule has 8 heteroatoms. The lowest BCUT2D eigenvalue weighted by atomic mass is 10.1. The number of nitro benzene ring substituents is 1. The van der Waals surface area contributed by atoms with Crippen molar-refractivity contribution >= 4 is 27.5 Å². The first-order valence-corrected chi connectivity index (χ1v) is 11.1. The van der Waals surface area contributed by atoms with Gasteiger partial charge in [-0.1, -0.05) is 42.5 Å². The second-order valence-corrected chi connectivity index (χ2v) is 9.24. The zero-order valence-electron chi connectivity index (χ0n) is 15.8. The number of sulfone groups is 1. The maximum absolute atomic E-state index is 12.9. The molecule has 0 bridgehead atoms. The highest BCUT2D eigenvalue weighted by molar-refractivity contribution is 7.91. The van der Waals surface area contributed by atoms with E-state index in [0.717, 1.165) is 5.56 Å². The number of hydrogen-bond acceptors (Lipinski definition) is 5. The molecule has 1 atom stereocenters. The van der Waals surface area contributed by atoms with E-state index in [1.165, 1.54) is 24.3 Å². The molecule has 1 amide bonds. The Labute approximate surface area is 169 Å². The summed E-state index contributed by atoms with van der Waals surface area (Å²) in [5, 5.41) is 10.9. The summed E-state index contributed by atoms with van der Waals surface area (Å²) in [6.45, 7) is 0.405. The number of carbonyl (C=O) groups is 1. The first-order valence-electron chi connectivity index (χ1n) is 9.31. The van der Waals surface area contributed by atoms with E-state index in [2.05, 4.69) is 0 Å². The van der Waals surface area contributed by atoms with Crippen molar-refractivity contribution in [3.05, 3.63) is 81.9 Å². The summed E-state index contributed by atoms with van der Waals surface area (Å²) in [5.41, 5.74) is 1.55. The molecule has 2 aromatic rings. The lowest BCUT2D eigenvalue weighted by molar-refractivity contribution is -0.384. The van der Waals surface area contributed by atoms with E-state index < -0.39 is 14.8 Å². The predicted molar refractivity (Wildman–Crippen MR) is 111 cm³/mol. The Morgan fingerprint density at radius 3 is 2.59 bits per heavy atom. The molecule has 29 heavy (non-hydrogen) atoms. The van der Waals surface area contributed by atoms with Crippen LogP contribution in [0.4, 0.5) is 5.69 Å². The number of nitrogens with zero attached hydrogens (tertiary/aromatic N) is 2. The van der Waals surface area contributed by atoms with Crippen LogP contribution in [0.3, 0.4) is 0 Å². The number of non-ortho nitro benzene ring substituents is 1. The van der Waals surface area contributed by atoms with Gasteiger partial charge in [-0.2, -0.15) is 0 Å². The van der Waals surface area contributed by atoms with Gasteiger partial charge >= 0.3 is 0 Å². The largest absolute Gasteiger partial charge is 0.335 e. The molecular formula is C21H22N2O5S. The number of hydrogen-bond donors (Lipinski definition) is 0. The molecule has 0 aromatic heterocycles. The summed E-state index contributed by atoms with van der Waals surface area (Å²) in [7, 11) is -3.13. The lowest BCUT2D eigenvalue weighted by Crippen LogP contribution is -2.41. The Morgan fingerprint density at radius 1 is 1.17 bits per heavy atom. The van der Waals surface area contributed by atoms with Gasteiger partial charge in [-0.15, -0.1) is 0 Å². The second kappa shape index (κ2) is 9.00. The standard InChI is InChI=1S/C21H22N2O5S/c24-21(10-9-18-7-4-8-19(15-18)23(25)26)22(20-12-14-29(27,28)16-20)13-11-17-5-2-1-3-6-17/h1-10,15,20H,11-14,16H2/b10-9+/t20-/m1/s1. The highest BCUT2D eigenvalue weighted by Gasteiger charge is 2.33. The molecule has 2 aromatic carbocycles. The van der Waals surface area contributed by atoms with E-state index in [9.17, 15) is 23.3 Å². The van der Waals surface area contributed by atoms with Gasteiger partial charge in [-0.25, -0.2) is 8.42 Å². The Bertz CT molecular complexity index is 1020. The van der Waals surface area contributed by atoms with Crippen molar-refractivity contribution in [3.8, 4) is 0 Å². The van der Waals surface area contributed by atoms with Crippen molar-refractivity contribution in [1.29, 1.82) is 0 Å². The average molecular weight is 414 g/mol. The van der Waals surface area contributed by atoms with Gasteiger partial charge < -0.3 is 4.90 Å². The minimum absolute atomic E-state index is 0.0296. The number of benzene rings is 2. The molecule has 0 unspecified atom stereocenters. The number of carbonyl (C=O) groups excluding carboxylic acids is 1. The van der Waals surface area contributed by atoms with Crippen LogP contribution in [0.1, 0.15) is 17.5 Å². The molecule has 7 nitrogen and oxygen atoms in total. The molecule has 1 saturated heterocycles. The molecular weight excluding hydrogens is 392 g/mol. The van der Waals surface area contributed by atoms with Gasteiger partial charge in [0.1, 0.15) is 0 Å². The van der Waals surface area contributed by atoms with Crippen LogP contribution in [0.2, 0.25) is 0 Å². The fourth-order valence-electron chi connectivity index (χ4n) is 3.39. The summed E-state index contributed by atoms with van der Waals surface area (Å²) < 4.78 is 23.8. The van der Waals surface area contributed by atoms with Crippen LogP contribution in [0.5, 0.6) is 0 Å². The van der Waals surface area contributed by atoms with E-state index in [0.29, 0.717) is 24.9 Å². The van der Waals surface area contributed by atoms with Crippen molar-refractivity contribution < 1.29 is 18.1 Å². The van der Waals surface area contributed by atoms with Crippen molar-refractivity contribution in [1.82, 2.24) is 4.90 Å². The maximum atomic E-state index is 12.9. The molecule has 0 saturated carbocycles. The van der Waals surface area contributed by atoms with E-state index in [1.54, 1.807) is 17.0 Å². The Hall–Kier alpha value is -3.00. The highest BCUT2D eigenvalue weighted by Crippen LogP contribution is 2.20. The third-order valence-corrected chi connectivity index (χ3v) is 6.67. The van der Waals surface area contributed by atoms with Crippen LogP contribution in [0, 0.1) is 10.1 Å². The third kappa shape index (κ3) is 5.74. The smallest absolute Gasteiger partial charge is 0.270 e. The fourth-order valence-corrected chi connectivity index (χ4v) is 5.12. The maximum Gasteiger partial charge on any atom is 0.270 e. The summed E-state index contributed by atoms with van der Waals surface area (Å²) in [4.78, 5) is 24.9. The summed E-state index contributed by atoms with van der Waals surface area (Å²) in [6.07, 6.45) is 3.92. The van der Waals surface area contributed by atoms with Crippen LogP contribution < -0.4 is 0 Å². The van der Waals surface area contributed by atoms with Crippen LogP contribution in [0.15, 0.2) is 60.7 Å². The van der Waals surface area contributed by atoms with Crippen molar-refractivity contribution in [3.63, 3.8) is 0 Å². The SMILES string of the molecule is O=C(/C=C/c1cccc([N+](=O)[O-])c1)N(CCc1ccccc1)[C@@H]1CCS(=O)(=O)C1. The van der Waals surface area contributed by atoms with Crippen molar-refractivity contribution in [2.24, 2.45) is 0 Å². The van der Waals surface area contributed by atoms with Gasteiger partial charge in [0.25, 0.3) is 5.69 Å². The molecule has 1 aliphatic rings. The highest BCUT2D eigenvalue weighted by atomic mass is 32.2. The van der Waals surface area contributed by atoms with Gasteiger partial charge in [0.2, 0.25) is 5.91 Å². The van der Waals surface area contributed by atoms with Gasteiger partial charge in [-0.05, 0) is 30.0 Å². The summed E-state index contributed by atoms with van der Waals surface area (Å²) in [6, 6.07) is 15.3. The molecule has 0 spiro atoms. The van der Waals surface area contributed by atoms with Gasteiger partial charge in [-0.3, -0.25) is 14.9 Å². The van der Waals surface area contributed by atoms with Crippen molar-refractivity contribution in [2.75, 3.05) is 18.1 Å². The van der Waals surface area contributed by atoms with E-state index >= 15 is 0 Å². The van der Waals surface area contributed by atoms with Gasteiger partial charge in [0.05, 0.1) is 16.4 Å². The molecule has 1 heterocycles. The number of amides is 1. The molecule has 1 fully saturated rings. The molecule has 0 radical (unpaired) electrons. The van der Waals surface area contributed by atoms with E-state index in [4.69, 9.17) is 0 Å². The zero-order chi connectivity index (χ0) is 20.9. The molecule has 152 valence electrons. The average Bonchev–Trinajstić information content (AvgIpc) is 3.07. The predicted octanol–water partition coefficient (Wildman–Crippen LogP) is 2.87. The molecule has 1 aliphatic heterocycles. The first kappa shape index (κ1) is 20.7. The molecule has 3 rings (SSSR count). The van der Waals surface area contributed by atoms with E-state index in [1.807, 2.05) is 30.3 Å². The third-order valence-electron chi connectivity index (χ3n) is 4.92. The van der Waals surface area contributed by atoms with E-state index in [-0.39, 0.29) is 29.1 Å². The van der Waals surface area contributed by atoms with Crippen molar-refractivity contribution in [2.45, 2.75) is 18.9 Å². The summed E-state index contributed by atoms with van der Waals surface area (Å²) in [5.74, 6) is -0.242. The van der Waals surface area contributed by atoms with Gasteiger partial charge in [0.15, 0.2) is 9.84 Å². The minimum Gasteiger partial charge on any atom is -0.335 e. The first-order chi connectivity index (χ1) is 13.8. The van der Waals surface area contributed by atoms with Crippen LogP contribution in [0.25, 0.3) is 6.08 Å². The number of rotatable bonds is 7. The van der Waals surface area contributed by atoms with Gasteiger partial charge in [0, 0.05) is 30.8 Å². The quantitative estimate of drug-likeness (QED) is 0.394. The zero-order valence-corrected chi connectivity index (χ0v) is 16.6. The normalized spacial score (nSPS) is 18.0. The Kier molecular flexibility index (Phi) is 6.43. The lowest BCUT2D eigenvalue weighted by Gasteiger charge is -2.27. The Morgan fingerprint density at radius 2 is 1.93 bits per heavy atom. The minimum atomic E-state index is -3.13. The van der Waals surface area contributed by atoms with Crippen LogP contribution in [-0.2, 0) is 21.1 Å². The number of nitro groups is 1. The monoisotopic (exact) mass is 414 g/mol. The molecule has 0 aliphatic carbocycles. The Balaban J connectivity index is 1.76. The topological polar surface area (TPSA) is 97.6 Å². The summed E-state index contributed by atoms with van der Waals surface area (Å²) >= 11 is 0. The fraction of sp³-hybridized carbons (Fsp3) is 0.286. The second-order valence-electron chi connectivity index (χ2n) is 7.01. The molecule has 0 N–H and O–H groups in total.